The lowest BCUT2D eigenvalue weighted by molar-refractivity contribution is 1.07. The SMILES string of the molecule is Cc1csc(CNc2ccc(N)cc2C#N)n1. The third-order valence-electron chi connectivity index (χ3n) is 2.26. The molecule has 0 spiro atoms. The largest absolute Gasteiger partial charge is 0.399 e. The number of anilines is 2. The molecule has 1 aromatic heterocycles. The Bertz CT molecular complexity index is 568. The molecule has 1 aromatic carbocycles. The van der Waals surface area contributed by atoms with E-state index in [9.17, 15) is 0 Å². The van der Waals surface area contributed by atoms with Crippen molar-refractivity contribution in [3.63, 3.8) is 0 Å². The van der Waals surface area contributed by atoms with E-state index in [0.717, 1.165) is 16.4 Å². The number of rotatable bonds is 3. The number of nitrogens with two attached hydrogens (primary N) is 1. The van der Waals surface area contributed by atoms with Crippen molar-refractivity contribution in [3.8, 4) is 6.07 Å². The Morgan fingerprint density at radius 1 is 1.53 bits per heavy atom. The van der Waals surface area contributed by atoms with Crippen molar-refractivity contribution in [1.82, 2.24) is 4.98 Å². The van der Waals surface area contributed by atoms with Crippen molar-refractivity contribution in [2.75, 3.05) is 11.1 Å². The molecule has 0 radical (unpaired) electrons. The average Bonchev–Trinajstić information content (AvgIpc) is 2.73. The predicted molar refractivity (Wildman–Crippen MR) is 69.7 cm³/mol. The maximum absolute atomic E-state index is 8.99. The lowest BCUT2D eigenvalue weighted by atomic mass is 10.2. The number of hydrogen-bond acceptors (Lipinski definition) is 5. The maximum Gasteiger partial charge on any atom is 0.112 e. The van der Waals surface area contributed by atoms with Crippen LogP contribution in [0.1, 0.15) is 16.3 Å². The molecule has 5 heteroatoms. The molecular formula is C12H12N4S. The standard InChI is InChI=1S/C12H12N4S/c1-8-7-17-12(16-8)6-15-11-3-2-10(14)4-9(11)5-13/h2-4,7,15H,6,14H2,1H3. The first kappa shape index (κ1) is 11.4. The quantitative estimate of drug-likeness (QED) is 0.813. The number of aryl methyl sites for hydroxylation is 1. The number of nitriles is 1. The van der Waals surface area contributed by atoms with Gasteiger partial charge in [-0.2, -0.15) is 5.26 Å². The maximum atomic E-state index is 8.99. The van der Waals surface area contributed by atoms with Gasteiger partial charge in [-0.15, -0.1) is 11.3 Å². The first-order chi connectivity index (χ1) is 8.19. The number of aromatic nitrogens is 1. The summed E-state index contributed by atoms with van der Waals surface area (Å²) in [5.74, 6) is 0. The normalized spacial score (nSPS) is 9.88. The Balaban J connectivity index is 2.12. The average molecular weight is 244 g/mol. The molecule has 4 nitrogen and oxygen atoms in total. The van der Waals surface area contributed by atoms with Crippen molar-refractivity contribution in [2.24, 2.45) is 0 Å². The Hall–Kier alpha value is -2.06. The van der Waals surface area contributed by atoms with Gasteiger partial charge in [0.2, 0.25) is 0 Å². The van der Waals surface area contributed by atoms with Crippen LogP contribution in [0.2, 0.25) is 0 Å². The highest BCUT2D eigenvalue weighted by atomic mass is 32.1. The van der Waals surface area contributed by atoms with Crippen LogP contribution in [0.3, 0.4) is 0 Å². The molecule has 2 aromatic rings. The number of hydrogen-bond donors (Lipinski definition) is 2. The highest BCUT2D eigenvalue weighted by Crippen LogP contribution is 2.19. The predicted octanol–water partition coefficient (Wildman–Crippen LogP) is 2.52. The number of thiazole rings is 1. The second-order valence-corrected chi connectivity index (χ2v) is 4.60. The second kappa shape index (κ2) is 4.85. The van der Waals surface area contributed by atoms with Crippen molar-refractivity contribution in [2.45, 2.75) is 13.5 Å². The van der Waals surface area contributed by atoms with E-state index >= 15 is 0 Å². The zero-order chi connectivity index (χ0) is 12.3. The van der Waals surface area contributed by atoms with E-state index in [-0.39, 0.29) is 0 Å². The molecule has 0 fully saturated rings. The van der Waals surface area contributed by atoms with Gasteiger partial charge < -0.3 is 11.1 Å². The monoisotopic (exact) mass is 244 g/mol. The van der Waals surface area contributed by atoms with Crippen molar-refractivity contribution < 1.29 is 0 Å². The van der Waals surface area contributed by atoms with E-state index in [0.29, 0.717) is 17.8 Å². The molecule has 86 valence electrons. The summed E-state index contributed by atoms with van der Waals surface area (Å²) in [5, 5.41) is 15.2. The molecule has 0 saturated carbocycles. The second-order valence-electron chi connectivity index (χ2n) is 3.65. The molecule has 3 N–H and O–H groups in total. The molecule has 0 aliphatic heterocycles. The van der Waals surface area contributed by atoms with Crippen LogP contribution >= 0.6 is 11.3 Å². The molecular weight excluding hydrogens is 232 g/mol. The minimum atomic E-state index is 0.554. The molecule has 2 rings (SSSR count). The summed E-state index contributed by atoms with van der Waals surface area (Å²) in [6, 6.07) is 7.37. The molecule has 1 heterocycles. The van der Waals surface area contributed by atoms with Gasteiger partial charge in [0.05, 0.1) is 17.8 Å². The first-order valence-corrected chi connectivity index (χ1v) is 6.01. The highest BCUT2D eigenvalue weighted by Gasteiger charge is 2.03. The van der Waals surface area contributed by atoms with Crippen LogP contribution in [0, 0.1) is 18.3 Å². The smallest absolute Gasteiger partial charge is 0.112 e. The number of benzene rings is 1. The van der Waals surface area contributed by atoms with Gasteiger partial charge in [0.25, 0.3) is 0 Å². The molecule has 0 amide bonds. The molecule has 0 unspecified atom stereocenters. The van der Waals surface area contributed by atoms with Gasteiger partial charge in [0.15, 0.2) is 0 Å². The van der Waals surface area contributed by atoms with E-state index in [1.54, 1.807) is 23.5 Å². The number of nitrogens with zero attached hydrogens (tertiary/aromatic N) is 2. The highest BCUT2D eigenvalue weighted by molar-refractivity contribution is 7.09. The fourth-order valence-corrected chi connectivity index (χ4v) is 2.17. The van der Waals surface area contributed by atoms with Gasteiger partial charge in [0, 0.05) is 16.8 Å². The van der Waals surface area contributed by atoms with Crippen LogP contribution in [-0.2, 0) is 6.54 Å². The lowest BCUT2D eigenvalue weighted by Gasteiger charge is -2.06. The van der Waals surface area contributed by atoms with Crippen molar-refractivity contribution in [1.29, 1.82) is 5.26 Å². The van der Waals surface area contributed by atoms with Crippen LogP contribution in [0.4, 0.5) is 11.4 Å². The lowest BCUT2D eigenvalue weighted by Crippen LogP contribution is -2.01. The summed E-state index contributed by atoms with van der Waals surface area (Å²) in [7, 11) is 0. The zero-order valence-electron chi connectivity index (χ0n) is 9.40. The zero-order valence-corrected chi connectivity index (χ0v) is 10.2. The third kappa shape index (κ3) is 2.74. The summed E-state index contributed by atoms with van der Waals surface area (Å²) in [5.41, 5.74) is 8.58. The third-order valence-corrected chi connectivity index (χ3v) is 3.23. The van der Waals surface area contributed by atoms with Gasteiger partial charge in [-0.25, -0.2) is 4.98 Å². The summed E-state index contributed by atoms with van der Waals surface area (Å²) >= 11 is 1.60. The van der Waals surface area contributed by atoms with Gasteiger partial charge in [0.1, 0.15) is 11.1 Å². The molecule has 17 heavy (non-hydrogen) atoms. The van der Waals surface area contributed by atoms with Crippen molar-refractivity contribution in [3.05, 3.63) is 39.8 Å². The molecule has 0 saturated heterocycles. The van der Waals surface area contributed by atoms with E-state index in [4.69, 9.17) is 11.0 Å². The number of nitrogens with one attached hydrogen (secondary N) is 1. The van der Waals surface area contributed by atoms with Gasteiger partial charge in [-0.3, -0.25) is 0 Å². The van der Waals surface area contributed by atoms with Crippen LogP contribution < -0.4 is 11.1 Å². The Labute approximate surface area is 104 Å². The topological polar surface area (TPSA) is 74.7 Å². The van der Waals surface area contributed by atoms with E-state index in [1.165, 1.54) is 0 Å². The van der Waals surface area contributed by atoms with Gasteiger partial charge in [-0.1, -0.05) is 0 Å². The summed E-state index contributed by atoms with van der Waals surface area (Å²) in [4.78, 5) is 4.35. The summed E-state index contributed by atoms with van der Waals surface area (Å²) in [6.45, 7) is 2.58. The summed E-state index contributed by atoms with van der Waals surface area (Å²) in [6.07, 6.45) is 0. The number of nitrogen functional groups attached to an aromatic ring is 1. The van der Waals surface area contributed by atoms with E-state index in [2.05, 4.69) is 16.4 Å². The minimum Gasteiger partial charge on any atom is -0.399 e. The molecule has 0 bridgehead atoms. The van der Waals surface area contributed by atoms with E-state index in [1.807, 2.05) is 18.4 Å². The molecule has 0 atom stereocenters. The van der Waals surface area contributed by atoms with Crippen molar-refractivity contribution >= 4 is 22.7 Å². The minimum absolute atomic E-state index is 0.554. The van der Waals surface area contributed by atoms with Crippen LogP contribution in [0.5, 0.6) is 0 Å². The first-order valence-electron chi connectivity index (χ1n) is 5.13. The van der Waals surface area contributed by atoms with Crippen LogP contribution in [0.15, 0.2) is 23.6 Å². The van der Waals surface area contributed by atoms with E-state index < -0.39 is 0 Å². The Kier molecular flexibility index (Phi) is 3.26. The summed E-state index contributed by atoms with van der Waals surface area (Å²) < 4.78 is 0. The van der Waals surface area contributed by atoms with Crippen LogP contribution in [-0.4, -0.2) is 4.98 Å². The molecule has 0 aliphatic rings. The fourth-order valence-electron chi connectivity index (χ4n) is 1.46. The van der Waals surface area contributed by atoms with Crippen LogP contribution in [0.25, 0.3) is 0 Å². The Morgan fingerprint density at radius 2 is 2.35 bits per heavy atom. The molecule has 0 aliphatic carbocycles. The fraction of sp³-hybridized carbons (Fsp3) is 0.167. The van der Waals surface area contributed by atoms with Gasteiger partial charge >= 0.3 is 0 Å². The van der Waals surface area contributed by atoms with Gasteiger partial charge in [-0.05, 0) is 25.1 Å². The Morgan fingerprint density at radius 3 is 3.00 bits per heavy atom.